The van der Waals surface area contributed by atoms with Crippen molar-refractivity contribution < 1.29 is 8.42 Å². The van der Waals surface area contributed by atoms with Gasteiger partial charge in [-0.05, 0) is 44.3 Å². The number of hydrogen-bond donors (Lipinski definition) is 1. The smallest absolute Gasteiger partial charge is 0.240 e. The molecule has 0 radical (unpaired) electrons. The van der Waals surface area contributed by atoms with Crippen LogP contribution in [0.3, 0.4) is 0 Å². The van der Waals surface area contributed by atoms with E-state index in [9.17, 15) is 8.42 Å². The molecule has 0 bridgehead atoms. The zero-order valence-electron chi connectivity index (χ0n) is 11.6. The van der Waals surface area contributed by atoms with Gasteiger partial charge in [-0.3, -0.25) is 0 Å². The minimum atomic E-state index is -3.44. The van der Waals surface area contributed by atoms with Crippen molar-refractivity contribution in [2.75, 3.05) is 19.6 Å². The predicted octanol–water partition coefficient (Wildman–Crippen LogP) is 2.46. The van der Waals surface area contributed by atoms with Crippen molar-refractivity contribution in [3.8, 4) is 0 Å². The van der Waals surface area contributed by atoms with Crippen LogP contribution in [0, 0.1) is 0 Å². The topological polar surface area (TPSA) is 49.4 Å². The third-order valence-corrected chi connectivity index (χ3v) is 5.04. The summed E-state index contributed by atoms with van der Waals surface area (Å²) < 4.78 is 27.9. The van der Waals surface area contributed by atoms with Crippen molar-refractivity contribution >= 4 is 26.0 Å². The minimum Gasteiger partial charge on any atom is -0.302 e. The van der Waals surface area contributed by atoms with E-state index in [4.69, 9.17) is 0 Å². The summed E-state index contributed by atoms with van der Waals surface area (Å²) in [6.07, 6.45) is 0. The molecule has 6 heteroatoms. The molecule has 0 aliphatic rings. The molecule has 19 heavy (non-hydrogen) atoms. The molecule has 0 saturated carbocycles. The fourth-order valence-electron chi connectivity index (χ4n) is 1.85. The van der Waals surface area contributed by atoms with E-state index in [0.29, 0.717) is 11.4 Å². The molecule has 0 fully saturated rings. The van der Waals surface area contributed by atoms with Crippen molar-refractivity contribution in [3.05, 3.63) is 28.7 Å². The normalized spacial score (nSPS) is 13.7. The average Bonchev–Trinajstić information content (AvgIpc) is 2.35. The van der Waals surface area contributed by atoms with Gasteiger partial charge in [-0.25, -0.2) is 13.1 Å². The second kappa shape index (κ2) is 7.38. The van der Waals surface area contributed by atoms with Gasteiger partial charge in [0.1, 0.15) is 0 Å². The molecule has 0 heterocycles. The van der Waals surface area contributed by atoms with Gasteiger partial charge in [-0.2, -0.15) is 0 Å². The van der Waals surface area contributed by atoms with Gasteiger partial charge in [-0.15, -0.1) is 0 Å². The third-order valence-electron chi connectivity index (χ3n) is 2.91. The Hall–Kier alpha value is -0.430. The number of nitrogens with one attached hydrogen (secondary N) is 1. The van der Waals surface area contributed by atoms with E-state index in [1.54, 1.807) is 24.3 Å². The van der Waals surface area contributed by atoms with Crippen LogP contribution in [0.1, 0.15) is 20.8 Å². The summed E-state index contributed by atoms with van der Waals surface area (Å²) in [5, 5.41) is 0. The van der Waals surface area contributed by atoms with Crippen LogP contribution in [-0.4, -0.2) is 39.0 Å². The van der Waals surface area contributed by atoms with Gasteiger partial charge in [0, 0.05) is 17.1 Å². The van der Waals surface area contributed by atoms with Crippen molar-refractivity contribution in [1.29, 1.82) is 0 Å². The molecule has 1 aromatic rings. The number of benzene rings is 1. The minimum absolute atomic E-state index is 0.117. The van der Waals surface area contributed by atoms with Gasteiger partial charge in [-0.1, -0.05) is 29.8 Å². The number of sulfonamides is 1. The van der Waals surface area contributed by atoms with E-state index in [-0.39, 0.29) is 6.04 Å². The highest BCUT2D eigenvalue weighted by Crippen LogP contribution is 2.14. The number of halogens is 1. The molecule has 0 aliphatic carbocycles. The summed E-state index contributed by atoms with van der Waals surface area (Å²) in [7, 11) is -3.44. The van der Waals surface area contributed by atoms with Gasteiger partial charge in [0.25, 0.3) is 0 Å². The first-order chi connectivity index (χ1) is 8.89. The summed E-state index contributed by atoms with van der Waals surface area (Å²) in [6.45, 7) is 8.57. The summed E-state index contributed by atoms with van der Waals surface area (Å²) in [6, 6.07) is 6.52. The molecule has 0 amide bonds. The van der Waals surface area contributed by atoms with Crippen molar-refractivity contribution in [2.45, 2.75) is 31.7 Å². The number of likely N-dealkylation sites (N-methyl/N-ethyl adjacent to an activating group) is 1. The Balaban J connectivity index is 2.71. The van der Waals surface area contributed by atoms with E-state index in [2.05, 4.69) is 39.4 Å². The van der Waals surface area contributed by atoms with E-state index < -0.39 is 10.0 Å². The fourth-order valence-corrected chi connectivity index (χ4v) is 3.35. The van der Waals surface area contributed by atoms with Gasteiger partial charge < -0.3 is 4.90 Å². The van der Waals surface area contributed by atoms with Crippen LogP contribution in [0.4, 0.5) is 0 Å². The van der Waals surface area contributed by atoms with Crippen LogP contribution >= 0.6 is 15.9 Å². The van der Waals surface area contributed by atoms with Gasteiger partial charge >= 0.3 is 0 Å². The average molecular weight is 349 g/mol. The molecule has 108 valence electrons. The SMILES string of the molecule is CCN(CC)CC(C)NS(=O)(=O)c1ccc(Br)cc1. The molecular formula is C13H21BrN2O2S. The molecule has 0 aromatic heterocycles. The Kier molecular flexibility index (Phi) is 6.46. The summed E-state index contributed by atoms with van der Waals surface area (Å²) in [5.41, 5.74) is 0. The Morgan fingerprint density at radius 1 is 1.21 bits per heavy atom. The van der Waals surface area contributed by atoms with Crippen molar-refractivity contribution in [3.63, 3.8) is 0 Å². The first-order valence-electron chi connectivity index (χ1n) is 6.39. The molecule has 4 nitrogen and oxygen atoms in total. The lowest BCUT2D eigenvalue weighted by Gasteiger charge is -2.23. The van der Waals surface area contributed by atoms with Crippen LogP contribution in [0.15, 0.2) is 33.6 Å². The highest BCUT2D eigenvalue weighted by Gasteiger charge is 2.18. The van der Waals surface area contributed by atoms with Crippen molar-refractivity contribution in [1.82, 2.24) is 9.62 Å². The number of hydrogen-bond acceptors (Lipinski definition) is 3. The first kappa shape index (κ1) is 16.6. The van der Waals surface area contributed by atoms with E-state index in [1.165, 1.54) is 0 Å². The first-order valence-corrected chi connectivity index (χ1v) is 8.67. The van der Waals surface area contributed by atoms with Crippen LogP contribution < -0.4 is 4.72 Å². The standard InChI is InChI=1S/C13H21BrN2O2S/c1-4-16(5-2)10-11(3)15-19(17,18)13-8-6-12(14)7-9-13/h6-9,11,15H,4-5,10H2,1-3H3. The van der Waals surface area contributed by atoms with Gasteiger partial charge in [0.15, 0.2) is 0 Å². The molecule has 0 saturated heterocycles. The van der Waals surface area contributed by atoms with Crippen LogP contribution in [0.25, 0.3) is 0 Å². The lowest BCUT2D eigenvalue weighted by Crippen LogP contribution is -2.41. The van der Waals surface area contributed by atoms with Gasteiger partial charge in [0.05, 0.1) is 4.90 Å². The molecule has 1 aromatic carbocycles. The lowest BCUT2D eigenvalue weighted by molar-refractivity contribution is 0.282. The Labute approximate surface area is 124 Å². The quantitative estimate of drug-likeness (QED) is 0.823. The highest BCUT2D eigenvalue weighted by molar-refractivity contribution is 9.10. The van der Waals surface area contributed by atoms with E-state index in [1.807, 2.05) is 6.92 Å². The monoisotopic (exact) mass is 348 g/mol. The molecule has 1 rings (SSSR count). The second-order valence-corrected chi connectivity index (χ2v) is 7.09. The van der Waals surface area contributed by atoms with E-state index in [0.717, 1.165) is 17.6 Å². The zero-order chi connectivity index (χ0) is 14.5. The molecule has 0 aliphatic heterocycles. The fraction of sp³-hybridized carbons (Fsp3) is 0.538. The molecular weight excluding hydrogens is 328 g/mol. The maximum Gasteiger partial charge on any atom is 0.240 e. The lowest BCUT2D eigenvalue weighted by atomic mass is 10.3. The predicted molar refractivity (Wildman–Crippen MR) is 81.7 cm³/mol. The zero-order valence-corrected chi connectivity index (χ0v) is 14.0. The highest BCUT2D eigenvalue weighted by atomic mass is 79.9. The number of rotatable bonds is 7. The Morgan fingerprint density at radius 2 is 1.74 bits per heavy atom. The largest absolute Gasteiger partial charge is 0.302 e. The Morgan fingerprint density at radius 3 is 2.21 bits per heavy atom. The van der Waals surface area contributed by atoms with E-state index >= 15 is 0 Å². The van der Waals surface area contributed by atoms with Crippen LogP contribution in [0.2, 0.25) is 0 Å². The van der Waals surface area contributed by atoms with Crippen LogP contribution in [0.5, 0.6) is 0 Å². The molecule has 1 N–H and O–H groups in total. The maximum absolute atomic E-state index is 12.2. The second-order valence-electron chi connectivity index (χ2n) is 4.46. The third kappa shape index (κ3) is 5.22. The molecule has 1 unspecified atom stereocenters. The summed E-state index contributed by atoms with van der Waals surface area (Å²) in [5.74, 6) is 0. The molecule has 1 atom stereocenters. The van der Waals surface area contributed by atoms with Gasteiger partial charge in [0.2, 0.25) is 10.0 Å². The Bertz CT molecular complexity index is 484. The number of nitrogens with zero attached hydrogens (tertiary/aromatic N) is 1. The summed E-state index contributed by atoms with van der Waals surface area (Å²) in [4.78, 5) is 2.48. The maximum atomic E-state index is 12.2. The molecule has 0 spiro atoms. The van der Waals surface area contributed by atoms with Crippen LogP contribution in [-0.2, 0) is 10.0 Å². The van der Waals surface area contributed by atoms with Crippen molar-refractivity contribution in [2.24, 2.45) is 0 Å². The summed E-state index contributed by atoms with van der Waals surface area (Å²) >= 11 is 3.29.